The van der Waals surface area contributed by atoms with Crippen molar-refractivity contribution < 1.29 is 9.90 Å². The Labute approximate surface area is 121 Å². The molecular formula is C15H16N2O2S. The van der Waals surface area contributed by atoms with E-state index in [-0.39, 0.29) is 0 Å². The van der Waals surface area contributed by atoms with E-state index >= 15 is 0 Å². The first-order valence-electron chi connectivity index (χ1n) is 6.72. The van der Waals surface area contributed by atoms with Crippen molar-refractivity contribution in [3.05, 3.63) is 34.0 Å². The van der Waals surface area contributed by atoms with Gasteiger partial charge in [0.05, 0.1) is 5.69 Å². The van der Waals surface area contributed by atoms with Crippen molar-refractivity contribution in [1.29, 1.82) is 0 Å². The molecule has 20 heavy (non-hydrogen) atoms. The summed E-state index contributed by atoms with van der Waals surface area (Å²) >= 11 is 1.59. The third kappa shape index (κ3) is 2.22. The number of hydrogen-bond acceptors (Lipinski definition) is 4. The van der Waals surface area contributed by atoms with Gasteiger partial charge in [-0.25, -0.2) is 4.98 Å². The van der Waals surface area contributed by atoms with E-state index in [4.69, 9.17) is 0 Å². The molecule has 0 radical (unpaired) electrons. The zero-order valence-corrected chi connectivity index (χ0v) is 12.3. The van der Waals surface area contributed by atoms with Gasteiger partial charge in [-0.05, 0) is 44.2 Å². The van der Waals surface area contributed by atoms with Crippen molar-refractivity contribution in [2.75, 3.05) is 0 Å². The largest absolute Gasteiger partial charge is 0.481 e. The van der Waals surface area contributed by atoms with Crippen LogP contribution in [-0.2, 0) is 11.2 Å². The van der Waals surface area contributed by atoms with Gasteiger partial charge >= 0.3 is 5.97 Å². The molecule has 0 spiro atoms. The van der Waals surface area contributed by atoms with Crippen LogP contribution in [0.25, 0.3) is 10.7 Å². The zero-order valence-electron chi connectivity index (χ0n) is 11.5. The number of carboxylic acids is 1. The van der Waals surface area contributed by atoms with Gasteiger partial charge in [0.25, 0.3) is 0 Å². The molecule has 3 rings (SSSR count). The van der Waals surface area contributed by atoms with E-state index in [0.717, 1.165) is 45.2 Å². The highest BCUT2D eigenvalue weighted by molar-refractivity contribution is 7.15. The van der Waals surface area contributed by atoms with Crippen LogP contribution in [0.15, 0.2) is 12.3 Å². The molecule has 4 nitrogen and oxygen atoms in total. The fourth-order valence-electron chi connectivity index (χ4n) is 2.70. The Balaban J connectivity index is 2.07. The Morgan fingerprint density at radius 2 is 2.25 bits per heavy atom. The molecule has 2 aromatic heterocycles. The van der Waals surface area contributed by atoms with E-state index in [2.05, 4.69) is 16.0 Å². The number of hydrogen-bond donors (Lipinski definition) is 1. The van der Waals surface area contributed by atoms with Gasteiger partial charge in [-0.15, -0.1) is 11.3 Å². The first-order chi connectivity index (χ1) is 9.56. The summed E-state index contributed by atoms with van der Waals surface area (Å²) < 4.78 is 0. The minimum Gasteiger partial charge on any atom is -0.481 e. The van der Waals surface area contributed by atoms with E-state index in [1.54, 1.807) is 11.3 Å². The van der Waals surface area contributed by atoms with Crippen molar-refractivity contribution >= 4 is 17.3 Å². The molecule has 0 fully saturated rings. The molecule has 1 aliphatic rings. The first kappa shape index (κ1) is 13.2. The second-order valence-corrected chi connectivity index (χ2v) is 6.37. The van der Waals surface area contributed by atoms with E-state index < -0.39 is 11.9 Å². The Morgan fingerprint density at radius 3 is 2.95 bits per heavy atom. The van der Waals surface area contributed by atoms with Gasteiger partial charge in [-0.1, -0.05) is 6.07 Å². The number of carboxylic acid groups (broad SMARTS) is 1. The van der Waals surface area contributed by atoms with Crippen LogP contribution in [0, 0.1) is 13.8 Å². The molecule has 0 amide bonds. The number of nitrogens with zero attached hydrogens (tertiary/aromatic N) is 2. The Bertz CT molecular complexity index is 679. The lowest BCUT2D eigenvalue weighted by atomic mass is 9.91. The monoisotopic (exact) mass is 288 g/mol. The smallest absolute Gasteiger partial charge is 0.312 e. The van der Waals surface area contributed by atoms with Crippen LogP contribution in [0.4, 0.5) is 0 Å². The summed E-state index contributed by atoms with van der Waals surface area (Å²) in [6.07, 6.45) is 4.37. The summed E-state index contributed by atoms with van der Waals surface area (Å²) in [5.74, 6) is -1.22. The van der Waals surface area contributed by atoms with Crippen molar-refractivity contribution in [3.8, 4) is 10.7 Å². The maximum absolute atomic E-state index is 11.3. The Morgan fingerprint density at radius 1 is 1.45 bits per heavy atom. The van der Waals surface area contributed by atoms with Gasteiger partial charge in [0.1, 0.15) is 16.6 Å². The molecule has 0 saturated heterocycles. The van der Waals surface area contributed by atoms with E-state index in [9.17, 15) is 9.90 Å². The van der Waals surface area contributed by atoms with Crippen LogP contribution in [0.3, 0.4) is 0 Å². The lowest BCUT2D eigenvalue weighted by Gasteiger charge is -2.16. The highest BCUT2D eigenvalue weighted by Gasteiger charge is 2.30. The first-order valence-corrected chi connectivity index (χ1v) is 7.54. The predicted octanol–water partition coefficient (Wildman–Crippen LogP) is 3.33. The molecular weight excluding hydrogens is 272 g/mol. The number of pyridine rings is 1. The summed E-state index contributed by atoms with van der Waals surface area (Å²) in [5, 5.41) is 10.2. The van der Waals surface area contributed by atoms with Gasteiger partial charge in [0.2, 0.25) is 0 Å². The van der Waals surface area contributed by atoms with Crippen LogP contribution in [-0.4, -0.2) is 21.0 Å². The van der Waals surface area contributed by atoms with Crippen molar-refractivity contribution in [2.24, 2.45) is 0 Å². The molecule has 1 N–H and O–H groups in total. The lowest BCUT2D eigenvalue weighted by Crippen LogP contribution is -2.17. The van der Waals surface area contributed by atoms with E-state index in [0.29, 0.717) is 6.42 Å². The second-order valence-electron chi connectivity index (χ2n) is 5.29. The van der Waals surface area contributed by atoms with Crippen LogP contribution >= 0.6 is 11.3 Å². The minimum absolute atomic E-state index is 0.450. The third-order valence-corrected chi connectivity index (χ3v) is 4.81. The van der Waals surface area contributed by atoms with Crippen molar-refractivity contribution in [2.45, 2.75) is 39.0 Å². The Kier molecular flexibility index (Phi) is 3.30. The fraction of sp³-hybridized carbons (Fsp3) is 0.400. The quantitative estimate of drug-likeness (QED) is 0.920. The molecule has 0 aromatic carbocycles. The van der Waals surface area contributed by atoms with Crippen LogP contribution in [0.1, 0.15) is 40.5 Å². The molecule has 2 heterocycles. The molecule has 0 saturated carbocycles. The SMILES string of the molecule is Cc1cnc(-c2nc3c(s2)CCCC3C(=O)O)c(C)c1. The van der Waals surface area contributed by atoms with Crippen LogP contribution in [0.5, 0.6) is 0 Å². The van der Waals surface area contributed by atoms with Crippen LogP contribution < -0.4 is 0 Å². The van der Waals surface area contributed by atoms with Gasteiger partial charge in [-0.2, -0.15) is 0 Å². The zero-order chi connectivity index (χ0) is 14.3. The summed E-state index contributed by atoms with van der Waals surface area (Å²) in [6, 6.07) is 2.08. The average molecular weight is 288 g/mol. The standard InChI is InChI=1S/C15H16N2O2S/c1-8-6-9(2)12(16-7-8)14-17-13-10(15(18)19)4-3-5-11(13)20-14/h6-7,10H,3-5H2,1-2H3,(H,18,19). The number of aliphatic carboxylic acids is 1. The number of thiazole rings is 1. The van der Waals surface area contributed by atoms with Crippen molar-refractivity contribution in [1.82, 2.24) is 9.97 Å². The highest BCUT2D eigenvalue weighted by atomic mass is 32.1. The van der Waals surface area contributed by atoms with E-state index in [1.165, 1.54) is 0 Å². The second kappa shape index (κ2) is 4.98. The molecule has 0 bridgehead atoms. The topological polar surface area (TPSA) is 63.1 Å². The maximum atomic E-state index is 11.3. The van der Waals surface area contributed by atoms with Crippen LogP contribution in [0.2, 0.25) is 0 Å². The number of aromatic nitrogens is 2. The maximum Gasteiger partial charge on any atom is 0.312 e. The number of fused-ring (bicyclic) bond motifs is 1. The lowest BCUT2D eigenvalue weighted by molar-refractivity contribution is -0.139. The molecule has 2 aromatic rings. The Hall–Kier alpha value is -1.75. The molecule has 1 unspecified atom stereocenters. The summed E-state index contributed by atoms with van der Waals surface area (Å²) in [5.41, 5.74) is 3.84. The van der Waals surface area contributed by atoms with Crippen molar-refractivity contribution in [3.63, 3.8) is 0 Å². The molecule has 104 valence electrons. The number of carbonyl (C=O) groups is 1. The third-order valence-electron chi connectivity index (χ3n) is 3.67. The average Bonchev–Trinajstić information content (AvgIpc) is 2.81. The number of rotatable bonds is 2. The summed E-state index contributed by atoms with van der Waals surface area (Å²) in [4.78, 5) is 21.5. The predicted molar refractivity (Wildman–Crippen MR) is 78.1 cm³/mol. The molecule has 1 atom stereocenters. The number of aryl methyl sites for hydroxylation is 3. The highest BCUT2D eigenvalue weighted by Crippen LogP contribution is 2.38. The fourth-order valence-corrected chi connectivity index (χ4v) is 3.93. The van der Waals surface area contributed by atoms with Gasteiger partial charge in [0, 0.05) is 11.1 Å². The molecule has 0 aliphatic heterocycles. The van der Waals surface area contributed by atoms with E-state index in [1.807, 2.05) is 20.0 Å². The van der Waals surface area contributed by atoms with Gasteiger partial charge in [0.15, 0.2) is 0 Å². The van der Waals surface area contributed by atoms with Gasteiger partial charge in [-0.3, -0.25) is 9.78 Å². The summed E-state index contributed by atoms with van der Waals surface area (Å²) in [7, 11) is 0. The molecule has 1 aliphatic carbocycles. The normalized spacial score (nSPS) is 17.8. The minimum atomic E-state index is -0.767. The molecule has 5 heteroatoms. The van der Waals surface area contributed by atoms with Gasteiger partial charge < -0.3 is 5.11 Å². The summed E-state index contributed by atoms with van der Waals surface area (Å²) in [6.45, 7) is 4.03.